The van der Waals surface area contributed by atoms with E-state index < -0.39 is 6.16 Å². The second-order valence-electron chi connectivity index (χ2n) is 13.7. The molecule has 7 atom stereocenters. The minimum atomic E-state index is -0.557. The molecule has 1 aromatic carbocycles. The average Bonchev–Trinajstić information content (AvgIpc) is 3.24. The molecule has 0 amide bonds. The molecule has 0 spiro atoms. The molecule has 5 rings (SSSR count). The Bertz CT molecular complexity index is 997. The maximum absolute atomic E-state index is 12.6. The third-order valence-corrected chi connectivity index (χ3v) is 11.7. The first-order chi connectivity index (χ1) is 18.3. The van der Waals surface area contributed by atoms with Gasteiger partial charge in [0.05, 0.1) is 0 Å². The molecular formula is C35H52O3. The summed E-state index contributed by atoms with van der Waals surface area (Å²) in [6, 6.07) is 7.62. The maximum atomic E-state index is 12.6. The molecule has 0 aromatic heterocycles. The molecule has 3 heteroatoms. The number of hydrogen-bond donors (Lipinski definition) is 0. The fraction of sp³-hybridized carbons (Fsp3) is 0.743. The van der Waals surface area contributed by atoms with Crippen LogP contribution in [0.15, 0.2) is 35.9 Å². The van der Waals surface area contributed by atoms with Crippen LogP contribution in [-0.4, -0.2) is 12.3 Å². The summed E-state index contributed by atoms with van der Waals surface area (Å²) < 4.78 is 11.4. The minimum Gasteiger partial charge on any atom is -0.430 e. The van der Waals surface area contributed by atoms with Gasteiger partial charge in [-0.25, -0.2) is 4.79 Å². The fourth-order valence-corrected chi connectivity index (χ4v) is 9.40. The van der Waals surface area contributed by atoms with Crippen LogP contribution in [-0.2, 0) is 4.74 Å². The molecule has 210 valence electrons. The second kappa shape index (κ2) is 11.8. The summed E-state index contributed by atoms with van der Waals surface area (Å²) in [5.41, 5.74) is 3.35. The largest absolute Gasteiger partial charge is 0.514 e. The topological polar surface area (TPSA) is 35.5 Å². The van der Waals surface area contributed by atoms with Crippen molar-refractivity contribution < 1.29 is 14.3 Å². The molecule has 38 heavy (non-hydrogen) atoms. The van der Waals surface area contributed by atoms with E-state index in [0.29, 0.717) is 11.2 Å². The zero-order valence-electron chi connectivity index (χ0n) is 24.6. The van der Waals surface area contributed by atoms with Gasteiger partial charge in [0.2, 0.25) is 0 Å². The van der Waals surface area contributed by atoms with Crippen LogP contribution in [0, 0.1) is 41.4 Å². The van der Waals surface area contributed by atoms with E-state index in [-0.39, 0.29) is 11.5 Å². The Kier molecular flexibility index (Phi) is 8.60. The van der Waals surface area contributed by atoms with Crippen molar-refractivity contribution >= 4 is 6.16 Å². The van der Waals surface area contributed by atoms with Crippen molar-refractivity contribution in [2.75, 3.05) is 0 Å². The van der Waals surface area contributed by atoms with Gasteiger partial charge in [-0.05, 0) is 104 Å². The summed E-state index contributed by atoms with van der Waals surface area (Å²) in [6.07, 6.45) is 21.8. The molecular weight excluding hydrogens is 468 g/mol. The number of aryl methyl sites for hydroxylation is 1. The van der Waals surface area contributed by atoms with E-state index in [9.17, 15) is 4.79 Å². The highest BCUT2D eigenvalue weighted by atomic mass is 16.7. The number of para-hydroxylation sites is 1. The molecule has 3 fully saturated rings. The molecule has 0 heterocycles. The Balaban J connectivity index is 1.18. The number of rotatable bonds is 9. The third-order valence-electron chi connectivity index (χ3n) is 11.7. The zero-order chi connectivity index (χ0) is 26.8. The molecule has 4 aliphatic rings. The summed E-state index contributed by atoms with van der Waals surface area (Å²) in [5, 5.41) is 0. The van der Waals surface area contributed by atoms with Crippen LogP contribution in [0.5, 0.6) is 5.75 Å². The number of benzene rings is 1. The van der Waals surface area contributed by atoms with Gasteiger partial charge in [-0.15, -0.1) is 0 Å². The highest BCUT2D eigenvalue weighted by Crippen LogP contribution is 2.66. The molecule has 0 unspecified atom stereocenters. The molecule has 0 bridgehead atoms. The van der Waals surface area contributed by atoms with Crippen molar-refractivity contribution in [3.63, 3.8) is 0 Å². The Morgan fingerprint density at radius 2 is 1.74 bits per heavy atom. The van der Waals surface area contributed by atoms with Crippen LogP contribution in [0.25, 0.3) is 0 Å². The minimum absolute atomic E-state index is 0.0653. The molecule has 3 nitrogen and oxygen atoms in total. The molecule has 3 saturated carbocycles. The number of allylic oxidation sites excluding steroid dienone is 1. The monoisotopic (exact) mass is 520 g/mol. The molecule has 0 saturated heterocycles. The molecule has 1 aromatic rings. The average molecular weight is 521 g/mol. The van der Waals surface area contributed by atoms with Gasteiger partial charge in [-0.3, -0.25) is 0 Å². The SMILES string of the molecule is CCCCCCCC[C@H]1CC[C@@H]2[C@H]3CC=C4C[C@@H](OC(=O)Oc5ccccc5C)CC[C@]4(C)[C@H]3CC[C@]12C. The third kappa shape index (κ3) is 5.46. The van der Waals surface area contributed by atoms with Crippen molar-refractivity contribution in [2.24, 2.45) is 34.5 Å². The van der Waals surface area contributed by atoms with E-state index in [1.54, 1.807) is 5.57 Å². The van der Waals surface area contributed by atoms with Gasteiger partial charge in [0.15, 0.2) is 0 Å². The first-order valence-corrected chi connectivity index (χ1v) is 16.0. The van der Waals surface area contributed by atoms with Gasteiger partial charge in [0, 0.05) is 6.42 Å². The van der Waals surface area contributed by atoms with E-state index in [2.05, 4.69) is 26.8 Å². The normalized spacial score (nSPS) is 36.0. The Morgan fingerprint density at radius 3 is 2.55 bits per heavy atom. The number of carbonyl (C=O) groups excluding carboxylic acids is 1. The molecule has 0 radical (unpaired) electrons. The summed E-state index contributed by atoms with van der Waals surface area (Å²) >= 11 is 0. The van der Waals surface area contributed by atoms with Crippen molar-refractivity contribution in [2.45, 2.75) is 130 Å². The molecule has 4 aliphatic carbocycles. The van der Waals surface area contributed by atoms with Crippen molar-refractivity contribution in [1.29, 1.82) is 0 Å². The maximum Gasteiger partial charge on any atom is 0.514 e. The summed E-state index contributed by atoms with van der Waals surface area (Å²) in [6.45, 7) is 9.48. The fourth-order valence-electron chi connectivity index (χ4n) is 9.40. The smallest absolute Gasteiger partial charge is 0.430 e. The van der Waals surface area contributed by atoms with Crippen LogP contribution in [0.2, 0.25) is 0 Å². The number of fused-ring (bicyclic) bond motifs is 5. The first-order valence-electron chi connectivity index (χ1n) is 16.0. The standard InChI is InChI=1S/C35H52O3/c1-5-6-7-8-9-10-14-26-17-19-30-29-18-16-27-24-28(37-33(36)38-32-15-12-11-13-25(32)2)20-22-35(27,4)31(29)21-23-34(26,30)3/h11-13,15-16,26,28-31H,5-10,14,17-24H2,1-4H3/t26-,28-,29+,30+,31-,34+,35-/m0/s1. The lowest BCUT2D eigenvalue weighted by Crippen LogP contribution is -2.50. The predicted octanol–water partition coefficient (Wildman–Crippen LogP) is 10.2. The highest BCUT2D eigenvalue weighted by Gasteiger charge is 2.58. The van der Waals surface area contributed by atoms with Crippen molar-refractivity contribution in [3.8, 4) is 5.75 Å². The number of carbonyl (C=O) groups is 1. The lowest BCUT2D eigenvalue weighted by Gasteiger charge is -2.58. The van der Waals surface area contributed by atoms with Crippen molar-refractivity contribution in [3.05, 3.63) is 41.5 Å². The molecule has 0 N–H and O–H groups in total. The lowest BCUT2D eigenvalue weighted by molar-refractivity contribution is -0.0538. The molecule has 0 aliphatic heterocycles. The predicted molar refractivity (Wildman–Crippen MR) is 155 cm³/mol. The van der Waals surface area contributed by atoms with Crippen molar-refractivity contribution in [1.82, 2.24) is 0 Å². The summed E-state index contributed by atoms with van der Waals surface area (Å²) in [4.78, 5) is 12.6. The van der Waals surface area contributed by atoms with Crippen LogP contribution in [0.4, 0.5) is 4.79 Å². The number of ether oxygens (including phenoxy) is 2. The summed E-state index contributed by atoms with van der Waals surface area (Å²) in [5.74, 6) is 4.09. The Morgan fingerprint density at radius 1 is 0.947 bits per heavy atom. The Labute approximate surface area is 232 Å². The highest BCUT2D eigenvalue weighted by molar-refractivity contribution is 5.64. The second-order valence-corrected chi connectivity index (χ2v) is 13.7. The van der Waals surface area contributed by atoms with Gasteiger partial charge >= 0.3 is 6.16 Å². The quantitative estimate of drug-likeness (QED) is 0.141. The van der Waals surface area contributed by atoms with Gasteiger partial charge in [0.25, 0.3) is 0 Å². The van der Waals surface area contributed by atoms with Crippen LogP contribution in [0.1, 0.15) is 123 Å². The van der Waals surface area contributed by atoms with Gasteiger partial charge in [-0.1, -0.05) is 89.1 Å². The number of unbranched alkanes of at least 4 members (excludes halogenated alkanes) is 5. The van der Waals surface area contributed by atoms with E-state index in [1.165, 1.54) is 77.0 Å². The van der Waals surface area contributed by atoms with Crippen LogP contribution >= 0.6 is 0 Å². The van der Waals surface area contributed by atoms with Gasteiger partial charge < -0.3 is 9.47 Å². The Hall–Kier alpha value is -1.77. The zero-order valence-corrected chi connectivity index (χ0v) is 24.6. The first kappa shape index (κ1) is 27.8. The van der Waals surface area contributed by atoms with Gasteiger partial charge in [-0.2, -0.15) is 0 Å². The summed E-state index contributed by atoms with van der Waals surface area (Å²) in [7, 11) is 0. The van der Waals surface area contributed by atoms with Crippen LogP contribution < -0.4 is 4.74 Å². The van der Waals surface area contributed by atoms with E-state index in [0.717, 1.165) is 48.5 Å². The van der Waals surface area contributed by atoms with E-state index >= 15 is 0 Å². The van der Waals surface area contributed by atoms with E-state index in [4.69, 9.17) is 9.47 Å². The lowest BCUT2D eigenvalue weighted by atomic mass is 9.47. The van der Waals surface area contributed by atoms with Crippen LogP contribution in [0.3, 0.4) is 0 Å². The number of hydrogen-bond acceptors (Lipinski definition) is 3. The van der Waals surface area contributed by atoms with Gasteiger partial charge in [0.1, 0.15) is 11.9 Å². The van der Waals surface area contributed by atoms with E-state index in [1.807, 2.05) is 31.2 Å².